The summed E-state index contributed by atoms with van der Waals surface area (Å²) in [6.07, 6.45) is 4.31. The van der Waals surface area contributed by atoms with Crippen LogP contribution in [0.3, 0.4) is 0 Å². The van der Waals surface area contributed by atoms with E-state index in [9.17, 15) is 4.39 Å². The van der Waals surface area contributed by atoms with Gasteiger partial charge in [0.05, 0.1) is 0 Å². The van der Waals surface area contributed by atoms with Gasteiger partial charge < -0.3 is 5.32 Å². The molecule has 0 spiro atoms. The van der Waals surface area contributed by atoms with Gasteiger partial charge in [-0.3, -0.25) is 4.98 Å². The van der Waals surface area contributed by atoms with Crippen LogP contribution in [0.25, 0.3) is 0 Å². The molecule has 0 radical (unpaired) electrons. The highest BCUT2D eigenvalue weighted by Crippen LogP contribution is 2.23. The molecule has 0 aliphatic heterocycles. The lowest BCUT2D eigenvalue weighted by atomic mass is 10.00. The number of pyridine rings is 1. The molecule has 1 unspecified atom stereocenters. The topological polar surface area (TPSA) is 24.9 Å². The first-order valence-corrected chi connectivity index (χ1v) is 7.96. The van der Waals surface area contributed by atoms with Crippen molar-refractivity contribution in [2.24, 2.45) is 0 Å². The molecule has 1 atom stereocenters. The Kier molecular flexibility index (Phi) is 5.69. The average Bonchev–Trinajstić information content (AvgIpc) is 2.37. The van der Waals surface area contributed by atoms with Crippen molar-refractivity contribution >= 4 is 31.9 Å². The minimum atomic E-state index is -0.225. The maximum absolute atomic E-state index is 13.5. The Morgan fingerprint density at radius 2 is 1.95 bits per heavy atom. The summed E-state index contributed by atoms with van der Waals surface area (Å²) in [5.74, 6) is -0.225. The summed E-state index contributed by atoms with van der Waals surface area (Å²) in [6, 6.07) is 7.12. The van der Waals surface area contributed by atoms with E-state index in [1.807, 2.05) is 18.3 Å². The lowest BCUT2D eigenvalue weighted by Crippen LogP contribution is -2.23. The molecule has 0 aliphatic rings. The molecule has 2 aromatic rings. The van der Waals surface area contributed by atoms with Gasteiger partial charge in [0, 0.05) is 27.4 Å². The summed E-state index contributed by atoms with van der Waals surface area (Å²) in [7, 11) is 0. The molecular weight excluding hydrogens is 387 g/mol. The number of hydrogen-bond donors (Lipinski definition) is 1. The molecular formula is C15H15Br2FN2. The molecule has 20 heavy (non-hydrogen) atoms. The molecule has 0 aliphatic carbocycles. The summed E-state index contributed by atoms with van der Waals surface area (Å²) in [5.41, 5.74) is 2.03. The Morgan fingerprint density at radius 1 is 1.15 bits per heavy atom. The van der Waals surface area contributed by atoms with Gasteiger partial charge in [0.25, 0.3) is 0 Å². The predicted octanol–water partition coefficient (Wildman–Crippen LogP) is 4.64. The van der Waals surface area contributed by atoms with Crippen LogP contribution in [0.4, 0.5) is 4.39 Å². The third-order valence-electron chi connectivity index (χ3n) is 2.94. The quantitative estimate of drug-likeness (QED) is 0.789. The molecule has 2 nitrogen and oxygen atoms in total. The zero-order valence-corrected chi connectivity index (χ0v) is 14.2. The minimum Gasteiger partial charge on any atom is -0.310 e. The number of rotatable bonds is 5. The van der Waals surface area contributed by atoms with Crippen molar-refractivity contribution in [1.29, 1.82) is 0 Å². The first-order valence-electron chi connectivity index (χ1n) is 6.37. The molecule has 1 N–H and O–H groups in total. The third-order valence-corrected chi connectivity index (χ3v) is 3.83. The standard InChI is InChI=1S/C15H15Br2FN2/c1-2-20-15(11-6-13(17)9-19-8-11)5-10-3-12(16)7-14(18)4-10/h3-4,6-9,15,20H,2,5H2,1H3. The van der Waals surface area contributed by atoms with E-state index in [1.54, 1.807) is 12.3 Å². The molecule has 0 saturated carbocycles. The Morgan fingerprint density at radius 3 is 2.60 bits per heavy atom. The van der Waals surface area contributed by atoms with Gasteiger partial charge in [-0.25, -0.2) is 4.39 Å². The van der Waals surface area contributed by atoms with Gasteiger partial charge in [-0.1, -0.05) is 22.9 Å². The zero-order valence-electron chi connectivity index (χ0n) is 11.0. The van der Waals surface area contributed by atoms with E-state index in [0.717, 1.165) is 26.6 Å². The zero-order chi connectivity index (χ0) is 14.5. The first kappa shape index (κ1) is 15.6. The van der Waals surface area contributed by atoms with Crippen LogP contribution in [0, 0.1) is 5.82 Å². The summed E-state index contributed by atoms with van der Waals surface area (Å²) >= 11 is 6.76. The molecule has 0 fully saturated rings. The second-order valence-electron chi connectivity index (χ2n) is 4.53. The number of likely N-dealkylation sites (N-methyl/N-ethyl adjacent to an activating group) is 1. The molecule has 2 rings (SSSR count). The summed E-state index contributed by atoms with van der Waals surface area (Å²) in [6.45, 7) is 2.90. The molecule has 0 amide bonds. The molecule has 1 heterocycles. The number of aromatic nitrogens is 1. The van der Waals surface area contributed by atoms with Crippen LogP contribution in [0.2, 0.25) is 0 Å². The van der Waals surface area contributed by atoms with Gasteiger partial charge in [-0.2, -0.15) is 0 Å². The summed E-state index contributed by atoms with van der Waals surface area (Å²) < 4.78 is 15.2. The maximum Gasteiger partial charge on any atom is 0.124 e. The normalized spacial score (nSPS) is 12.4. The number of hydrogen-bond acceptors (Lipinski definition) is 2. The van der Waals surface area contributed by atoms with Crippen molar-refractivity contribution < 1.29 is 4.39 Å². The first-order chi connectivity index (χ1) is 9.58. The molecule has 0 saturated heterocycles. The highest BCUT2D eigenvalue weighted by Gasteiger charge is 2.13. The van der Waals surface area contributed by atoms with Crippen LogP contribution in [0.1, 0.15) is 24.1 Å². The average molecular weight is 402 g/mol. The van der Waals surface area contributed by atoms with E-state index >= 15 is 0 Å². The van der Waals surface area contributed by atoms with Gasteiger partial charge in [-0.15, -0.1) is 0 Å². The van der Waals surface area contributed by atoms with E-state index in [-0.39, 0.29) is 11.9 Å². The fourth-order valence-corrected chi connectivity index (χ4v) is 3.03. The molecule has 1 aromatic carbocycles. The lowest BCUT2D eigenvalue weighted by molar-refractivity contribution is 0.544. The number of nitrogens with zero attached hydrogens (tertiary/aromatic N) is 1. The Labute approximate surface area is 135 Å². The SMILES string of the molecule is CCNC(Cc1cc(F)cc(Br)c1)c1cncc(Br)c1. The minimum absolute atomic E-state index is 0.110. The van der Waals surface area contributed by atoms with E-state index in [0.29, 0.717) is 6.42 Å². The van der Waals surface area contributed by atoms with Crippen LogP contribution >= 0.6 is 31.9 Å². The lowest BCUT2D eigenvalue weighted by Gasteiger charge is -2.18. The van der Waals surface area contributed by atoms with Crippen LogP contribution in [0.5, 0.6) is 0 Å². The predicted molar refractivity (Wildman–Crippen MR) is 86.2 cm³/mol. The Hall–Kier alpha value is -0.780. The second kappa shape index (κ2) is 7.29. The van der Waals surface area contributed by atoms with Crippen molar-refractivity contribution in [3.63, 3.8) is 0 Å². The van der Waals surface area contributed by atoms with Gasteiger partial charge in [0.1, 0.15) is 5.82 Å². The van der Waals surface area contributed by atoms with Crippen molar-refractivity contribution in [3.05, 3.63) is 62.5 Å². The molecule has 106 valence electrons. The summed E-state index contributed by atoms with van der Waals surface area (Å²) in [4.78, 5) is 4.19. The maximum atomic E-state index is 13.5. The molecule has 1 aromatic heterocycles. The van der Waals surface area contributed by atoms with E-state index < -0.39 is 0 Å². The van der Waals surface area contributed by atoms with Crippen LogP contribution < -0.4 is 5.32 Å². The second-order valence-corrected chi connectivity index (χ2v) is 6.36. The Balaban J connectivity index is 2.25. The van der Waals surface area contributed by atoms with Gasteiger partial charge in [0.2, 0.25) is 0 Å². The largest absolute Gasteiger partial charge is 0.310 e. The van der Waals surface area contributed by atoms with E-state index in [4.69, 9.17) is 0 Å². The number of halogens is 3. The highest BCUT2D eigenvalue weighted by molar-refractivity contribution is 9.10. The van der Waals surface area contributed by atoms with Crippen molar-refractivity contribution in [2.75, 3.05) is 6.54 Å². The van der Waals surface area contributed by atoms with Crippen molar-refractivity contribution in [2.45, 2.75) is 19.4 Å². The van der Waals surface area contributed by atoms with E-state index in [2.05, 4.69) is 49.1 Å². The smallest absolute Gasteiger partial charge is 0.124 e. The highest BCUT2D eigenvalue weighted by atomic mass is 79.9. The van der Waals surface area contributed by atoms with Crippen molar-refractivity contribution in [1.82, 2.24) is 10.3 Å². The van der Waals surface area contributed by atoms with Gasteiger partial charge in [0.15, 0.2) is 0 Å². The fourth-order valence-electron chi connectivity index (χ4n) is 2.14. The molecule has 5 heteroatoms. The van der Waals surface area contributed by atoms with Gasteiger partial charge >= 0.3 is 0 Å². The van der Waals surface area contributed by atoms with Crippen molar-refractivity contribution in [3.8, 4) is 0 Å². The van der Waals surface area contributed by atoms with Crippen LogP contribution in [-0.4, -0.2) is 11.5 Å². The summed E-state index contributed by atoms with van der Waals surface area (Å²) in [5, 5.41) is 3.41. The molecule has 0 bridgehead atoms. The monoisotopic (exact) mass is 400 g/mol. The van der Waals surface area contributed by atoms with Crippen LogP contribution in [0.15, 0.2) is 45.6 Å². The van der Waals surface area contributed by atoms with Crippen LogP contribution in [-0.2, 0) is 6.42 Å². The number of nitrogens with one attached hydrogen (secondary N) is 1. The number of benzene rings is 1. The van der Waals surface area contributed by atoms with Gasteiger partial charge in [-0.05, 0) is 64.3 Å². The van der Waals surface area contributed by atoms with E-state index in [1.165, 1.54) is 6.07 Å². The fraction of sp³-hybridized carbons (Fsp3) is 0.267. The third kappa shape index (κ3) is 4.36. The Bertz CT molecular complexity index is 570.